The molecule has 3 rings (SSSR count). The van der Waals surface area contributed by atoms with Crippen LogP contribution in [0.3, 0.4) is 0 Å². The predicted octanol–water partition coefficient (Wildman–Crippen LogP) is 3.41. The Kier molecular flexibility index (Phi) is 4.27. The monoisotopic (exact) mass is 304 g/mol. The minimum atomic E-state index is 0.388. The van der Waals surface area contributed by atoms with Crippen LogP contribution >= 0.6 is 11.6 Å². The first kappa shape index (κ1) is 14.5. The van der Waals surface area contributed by atoms with Gasteiger partial charge < -0.3 is 4.57 Å². The van der Waals surface area contributed by atoms with Crippen LogP contribution in [0, 0.1) is 0 Å². The lowest BCUT2D eigenvalue weighted by molar-refractivity contribution is 0.233. The summed E-state index contributed by atoms with van der Waals surface area (Å²) < 4.78 is 2.03. The normalized spacial score (nSPS) is 20.8. The average Bonchev–Trinajstić information content (AvgIpc) is 3.07. The number of likely N-dealkylation sites (tertiary alicyclic amines) is 1. The van der Waals surface area contributed by atoms with Gasteiger partial charge in [0.15, 0.2) is 0 Å². The molecule has 0 saturated carbocycles. The highest BCUT2D eigenvalue weighted by Gasteiger charge is 2.30. The van der Waals surface area contributed by atoms with E-state index in [0.29, 0.717) is 12.0 Å². The molecule has 4 nitrogen and oxygen atoms in total. The van der Waals surface area contributed by atoms with Gasteiger partial charge in [0.25, 0.3) is 0 Å². The highest BCUT2D eigenvalue weighted by atomic mass is 35.5. The van der Waals surface area contributed by atoms with Gasteiger partial charge in [0.1, 0.15) is 12.2 Å². The topological polar surface area (TPSA) is 34.0 Å². The van der Waals surface area contributed by atoms with Crippen LogP contribution in [0.2, 0.25) is 5.02 Å². The van der Waals surface area contributed by atoms with E-state index >= 15 is 0 Å². The SMILES string of the molecule is C[C@H](CN1CCC[C@@H]1c1nncn1C)c1cccc(Cl)c1. The Labute approximate surface area is 130 Å². The minimum absolute atomic E-state index is 0.388. The maximum absolute atomic E-state index is 6.10. The number of aromatic nitrogens is 3. The van der Waals surface area contributed by atoms with E-state index < -0.39 is 0 Å². The highest BCUT2D eigenvalue weighted by molar-refractivity contribution is 6.30. The highest BCUT2D eigenvalue weighted by Crippen LogP contribution is 2.32. The second-order valence-electron chi connectivity index (χ2n) is 5.91. The van der Waals surface area contributed by atoms with Crippen LogP contribution in [0.15, 0.2) is 30.6 Å². The zero-order chi connectivity index (χ0) is 14.8. The fraction of sp³-hybridized carbons (Fsp3) is 0.500. The van der Waals surface area contributed by atoms with Gasteiger partial charge in [-0.05, 0) is 43.0 Å². The van der Waals surface area contributed by atoms with Crippen molar-refractivity contribution in [2.45, 2.75) is 31.7 Å². The predicted molar refractivity (Wildman–Crippen MR) is 84.4 cm³/mol. The number of aryl methyl sites for hydroxylation is 1. The van der Waals surface area contributed by atoms with E-state index in [1.807, 2.05) is 23.7 Å². The van der Waals surface area contributed by atoms with Gasteiger partial charge in [-0.1, -0.05) is 30.7 Å². The van der Waals surface area contributed by atoms with E-state index in [2.05, 4.69) is 34.2 Å². The number of hydrogen-bond acceptors (Lipinski definition) is 3. The maximum Gasteiger partial charge on any atom is 0.149 e. The van der Waals surface area contributed by atoms with Crippen LogP contribution in [0.25, 0.3) is 0 Å². The Morgan fingerprint density at radius 2 is 2.29 bits per heavy atom. The molecule has 0 amide bonds. The van der Waals surface area contributed by atoms with Crippen molar-refractivity contribution < 1.29 is 0 Å². The molecule has 0 radical (unpaired) electrons. The standard InChI is InChI=1S/C16H21ClN4/c1-12(13-5-3-6-14(17)9-13)10-21-8-4-7-15(21)16-19-18-11-20(16)2/h3,5-6,9,11-12,15H,4,7-8,10H2,1-2H3/t12-,15-/m1/s1. The smallest absolute Gasteiger partial charge is 0.149 e. The van der Waals surface area contributed by atoms with Crippen LogP contribution in [-0.4, -0.2) is 32.8 Å². The van der Waals surface area contributed by atoms with E-state index in [1.54, 1.807) is 6.33 Å². The molecule has 1 aromatic carbocycles. The minimum Gasteiger partial charge on any atom is -0.319 e. The first-order valence-corrected chi connectivity index (χ1v) is 7.86. The molecular formula is C16H21ClN4. The zero-order valence-electron chi connectivity index (χ0n) is 12.5. The van der Waals surface area contributed by atoms with E-state index in [0.717, 1.165) is 30.4 Å². The van der Waals surface area contributed by atoms with E-state index in [-0.39, 0.29) is 0 Å². The summed E-state index contributed by atoms with van der Waals surface area (Å²) in [6.07, 6.45) is 4.17. The van der Waals surface area contributed by atoms with E-state index in [4.69, 9.17) is 11.6 Å². The lowest BCUT2D eigenvalue weighted by Crippen LogP contribution is -2.29. The van der Waals surface area contributed by atoms with Gasteiger partial charge in [-0.15, -0.1) is 10.2 Å². The lowest BCUT2D eigenvalue weighted by Gasteiger charge is -2.27. The second-order valence-corrected chi connectivity index (χ2v) is 6.35. The summed E-state index contributed by atoms with van der Waals surface area (Å²) in [5, 5.41) is 9.12. The maximum atomic E-state index is 6.10. The Morgan fingerprint density at radius 3 is 3.00 bits per heavy atom. The van der Waals surface area contributed by atoms with Gasteiger partial charge in [0, 0.05) is 18.6 Å². The molecule has 21 heavy (non-hydrogen) atoms. The average molecular weight is 305 g/mol. The molecule has 2 aromatic rings. The molecule has 112 valence electrons. The van der Waals surface area contributed by atoms with Crippen molar-refractivity contribution in [3.05, 3.63) is 47.0 Å². The molecule has 0 aliphatic carbocycles. The summed E-state index contributed by atoms with van der Waals surface area (Å²) in [5.74, 6) is 1.53. The third-order valence-corrected chi connectivity index (χ3v) is 4.57. The van der Waals surface area contributed by atoms with E-state index in [1.165, 1.54) is 12.0 Å². The molecule has 5 heteroatoms. The molecule has 1 saturated heterocycles. The van der Waals surface area contributed by atoms with Gasteiger partial charge >= 0.3 is 0 Å². The van der Waals surface area contributed by atoms with Crippen LogP contribution in [0.4, 0.5) is 0 Å². The van der Waals surface area contributed by atoms with E-state index in [9.17, 15) is 0 Å². The Balaban J connectivity index is 1.73. The third kappa shape index (κ3) is 3.11. The second kappa shape index (κ2) is 6.16. The lowest BCUT2D eigenvalue weighted by atomic mass is 10.0. The Morgan fingerprint density at radius 1 is 1.43 bits per heavy atom. The molecule has 2 heterocycles. The number of benzene rings is 1. The Hall–Kier alpha value is -1.39. The zero-order valence-corrected chi connectivity index (χ0v) is 13.3. The first-order chi connectivity index (χ1) is 10.1. The molecule has 2 atom stereocenters. The fourth-order valence-electron chi connectivity index (χ4n) is 3.20. The fourth-order valence-corrected chi connectivity index (χ4v) is 3.40. The molecule has 0 bridgehead atoms. The quantitative estimate of drug-likeness (QED) is 0.868. The number of halogens is 1. The van der Waals surface area contributed by atoms with Gasteiger partial charge in [-0.2, -0.15) is 0 Å². The van der Waals surface area contributed by atoms with Gasteiger partial charge in [-0.3, -0.25) is 4.90 Å². The first-order valence-electron chi connectivity index (χ1n) is 7.48. The van der Waals surface area contributed by atoms with Crippen LogP contribution < -0.4 is 0 Å². The van der Waals surface area contributed by atoms with Crippen LogP contribution in [-0.2, 0) is 7.05 Å². The van der Waals surface area contributed by atoms with Crippen molar-refractivity contribution in [1.82, 2.24) is 19.7 Å². The molecule has 1 fully saturated rings. The van der Waals surface area contributed by atoms with Crippen LogP contribution in [0.1, 0.15) is 43.1 Å². The molecule has 1 aliphatic rings. The largest absolute Gasteiger partial charge is 0.319 e. The number of rotatable bonds is 4. The number of nitrogens with zero attached hydrogens (tertiary/aromatic N) is 4. The third-order valence-electron chi connectivity index (χ3n) is 4.33. The molecular weight excluding hydrogens is 284 g/mol. The van der Waals surface area contributed by atoms with Crippen molar-refractivity contribution in [3.8, 4) is 0 Å². The summed E-state index contributed by atoms with van der Waals surface area (Å²) >= 11 is 6.10. The summed E-state index contributed by atoms with van der Waals surface area (Å²) in [6, 6.07) is 8.57. The van der Waals surface area contributed by atoms with Gasteiger partial charge in [0.05, 0.1) is 6.04 Å². The van der Waals surface area contributed by atoms with Gasteiger partial charge in [0.2, 0.25) is 0 Å². The van der Waals surface area contributed by atoms with Crippen molar-refractivity contribution in [1.29, 1.82) is 0 Å². The molecule has 0 N–H and O–H groups in total. The van der Waals surface area contributed by atoms with Crippen molar-refractivity contribution in [2.75, 3.05) is 13.1 Å². The van der Waals surface area contributed by atoms with Crippen molar-refractivity contribution >= 4 is 11.6 Å². The molecule has 0 spiro atoms. The molecule has 1 aliphatic heterocycles. The van der Waals surface area contributed by atoms with Gasteiger partial charge in [-0.25, -0.2) is 0 Å². The van der Waals surface area contributed by atoms with Crippen molar-refractivity contribution in [3.63, 3.8) is 0 Å². The summed E-state index contributed by atoms with van der Waals surface area (Å²) in [7, 11) is 2.02. The number of hydrogen-bond donors (Lipinski definition) is 0. The molecule has 0 unspecified atom stereocenters. The molecule has 1 aromatic heterocycles. The Bertz CT molecular complexity index is 610. The van der Waals surface area contributed by atoms with Crippen LogP contribution in [0.5, 0.6) is 0 Å². The summed E-state index contributed by atoms with van der Waals surface area (Å²) in [6.45, 7) is 4.41. The summed E-state index contributed by atoms with van der Waals surface area (Å²) in [4.78, 5) is 2.52. The van der Waals surface area contributed by atoms with Crippen molar-refractivity contribution in [2.24, 2.45) is 7.05 Å². The summed E-state index contributed by atoms with van der Waals surface area (Å²) in [5.41, 5.74) is 1.30.